The number of phenolic OH excluding ortho intramolecular Hbond substituents is 2. The molecule has 0 bridgehead atoms. The van der Waals surface area contributed by atoms with E-state index in [0.29, 0.717) is 24.2 Å². The zero-order chi connectivity index (χ0) is 21.7. The van der Waals surface area contributed by atoms with Gasteiger partial charge in [0.1, 0.15) is 28.2 Å². The third kappa shape index (κ3) is 3.32. The number of aliphatic hydroxyl groups is 1. The number of phenols is 2. The van der Waals surface area contributed by atoms with Gasteiger partial charge in [-0.25, -0.2) is 0 Å². The second-order valence-electron chi connectivity index (χ2n) is 8.15. The largest absolute Gasteiger partial charge is 0.507 e. The Hall–Kier alpha value is -3.42. The van der Waals surface area contributed by atoms with Gasteiger partial charge in [0, 0.05) is 41.7 Å². The molecule has 0 aliphatic carbocycles. The fraction of sp³-hybridized carbons (Fsp3) is 0.250. The zero-order valence-corrected chi connectivity index (χ0v) is 16.9. The van der Waals surface area contributed by atoms with E-state index in [1.54, 1.807) is 6.20 Å². The Morgan fingerprint density at radius 1 is 1.10 bits per heavy atom. The van der Waals surface area contributed by atoms with Crippen LogP contribution in [0.4, 0.5) is 0 Å². The Bertz CT molecular complexity index is 1360. The fourth-order valence-electron chi connectivity index (χ4n) is 4.45. The molecule has 1 fully saturated rings. The molecule has 5 rings (SSSR count). The molecule has 0 radical (unpaired) electrons. The van der Waals surface area contributed by atoms with Gasteiger partial charge in [-0.3, -0.25) is 9.78 Å². The molecule has 0 amide bonds. The molecular formula is C24H22N2O5. The first kappa shape index (κ1) is 19.5. The van der Waals surface area contributed by atoms with Crippen molar-refractivity contribution in [3.8, 4) is 23.0 Å². The molecule has 1 unspecified atom stereocenters. The number of benzene rings is 2. The molecule has 4 aromatic rings. The average Bonchev–Trinajstić information content (AvgIpc) is 2.74. The van der Waals surface area contributed by atoms with E-state index >= 15 is 0 Å². The maximum Gasteiger partial charge on any atom is 0.197 e. The lowest BCUT2D eigenvalue weighted by Crippen LogP contribution is -2.40. The molecular weight excluding hydrogens is 396 g/mol. The molecule has 2 atom stereocenters. The van der Waals surface area contributed by atoms with Crippen LogP contribution in [0.15, 0.2) is 57.9 Å². The van der Waals surface area contributed by atoms with Gasteiger partial charge in [-0.05, 0) is 31.5 Å². The molecule has 3 N–H and O–H groups in total. The standard InChI is InChI=1S/C24H22N2O5/c1-26-7-6-15(20(30)12-26)22-17(27)9-18(28)23-19(29)10-21(31-24(22)23)16-8-13-4-2-3-5-14(13)11-25-16/h2-5,8-11,15,20,27-28,30H,6-7,12H2,1H3/t15?,20-/m0/s1. The highest BCUT2D eigenvalue weighted by Crippen LogP contribution is 2.42. The number of β-amino-alcohol motifs (C(OH)–C–C–N with tert-alkyl or cyclic N) is 1. The van der Waals surface area contributed by atoms with Gasteiger partial charge in [0.05, 0.1) is 6.10 Å². The SMILES string of the molecule is CN1CCC(c2c(O)cc(O)c3c(=O)cc(-c4cc5ccccc5cn4)oc23)[C@@H](O)C1. The van der Waals surface area contributed by atoms with Crippen LogP contribution in [0, 0.1) is 0 Å². The van der Waals surface area contributed by atoms with E-state index in [2.05, 4.69) is 4.98 Å². The third-order valence-electron chi connectivity index (χ3n) is 6.04. The van der Waals surface area contributed by atoms with E-state index < -0.39 is 17.5 Å². The number of rotatable bonds is 2. The number of likely N-dealkylation sites (tertiary alicyclic amines) is 1. The van der Waals surface area contributed by atoms with Crippen molar-refractivity contribution in [2.24, 2.45) is 0 Å². The summed E-state index contributed by atoms with van der Waals surface area (Å²) in [6.45, 7) is 1.16. The van der Waals surface area contributed by atoms with Gasteiger partial charge >= 0.3 is 0 Å². The summed E-state index contributed by atoms with van der Waals surface area (Å²) in [5.41, 5.74) is 0.458. The molecule has 1 aliphatic heterocycles. The van der Waals surface area contributed by atoms with Crippen molar-refractivity contribution in [3.05, 3.63) is 64.4 Å². The van der Waals surface area contributed by atoms with Gasteiger partial charge in [0.25, 0.3) is 0 Å². The highest BCUT2D eigenvalue weighted by molar-refractivity contribution is 5.90. The Morgan fingerprint density at radius 3 is 2.65 bits per heavy atom. The Kier molecular flexibility index (Phi) is 4.64. The Morgan fingerprint density at radius 2 is 1.87 bits per heavy atom. The maximum absolute atomic E-state index is 12.9. The Balaban J connectivity index is 1.74. The van der Waals surface area contributed by atoms with Crippen molar-refractivity contribution in [1.29, 1.82) is 0 Å². The summed E-state index contributed by atoms with van der Waals surface area (Å²) in [5, 5.41) is 33.6. The van der Waals surface area contributed by atoms with Gasteiger partial charge < -0.3 is 24.6 Å². The molecule has 1 aliphatic rings. The number of hydrogen-bond donors (Lipinski definition) is 3. The highest BCUT2D eigenvalue weighted by atomic mass is 16.3. The van der Waals surface area contributed by atoms with E-state index in [1.807, 2.05) is 42.3 Å². The molecule has 31 heavy (non-hydrogen) atoms. The van der Waals surface area contributed by atoms with E-state index in [1.165, 1.54) is 6.07 Å². The number of fused-ring (bicyclic) bond motifs is 2. The molecule has 0 saturated carbocycles. The van der Waals surface area contributed by atoms with Gasteiger partial charge in [0.15, 0.2) is 11.2 Å². The van der Waals surface area contributed by atoms with Gasteiger partial charge in [0.2, 0.25) is 0 Å². The lowest BCUT2D eigenvalue weighted by molar-refractivity contribution is 0.0630. The molecule has 2 aromatic carbocycles. The van der Waals surface area contributed by atoms with Gasteiger partial charge in [-0.2, -0.15) is 0 Å². The van der Waals surface area contributed by atoms with Crippen LogP contribution in [-0.2, 0) is 0 Å². The van der Waals surface area contributed by atoms with Gasteiger partial charge in [-0.1, -0.05) is 24.3 Å². The molecule has 7 heteroatoms. The molecule has 0 spiro atoms. The number of aliphatic hydroxyl groups excluding tert-OH is 1. The van der Waals surface area contributed by atoms with Crippen molar-refractivity contribution < 1.29 is 19.7 Å². The first-order chi connectivity index (χ1) is 14.9. The maximum atomic E-state index is 12.9. The number of nitrogens with zero attached hydrogens (tertiary/aromatic N) is 2. The predicted octanol–water partition coefficient (Wildman–Crippen LogP) is 3.20. The topological polar surface area (TPSA) is 107 Å². The summed E-state index contributed by atoms with van der Waals surface area (Å²) in [5.74, 6) is -0.755. The first-order valence-electron chi connectivity index (χ1n) is 10.2. The molecule has 1 saturated heterocycles. The number of aromatic nitrogens is 1. The van der Waals surface area contributed by atoms with Crippen LogP contribution >= 0.6 is 0 Å². The summed E-state index contributed by atoms with van der Waals surface area (Å²) in [4.78, 5) is 19.4. The van der Waals surface area contributed by atoms with E-state index in [-0.39, 0.29) is 28.2 Å². The molecule has 3 heterocycles. The minimum Gasteiger partial charge on any atom is -0.507 e. The summed E-state index contributed by atoms with van der Waals surface area (Å²) < 4.78 is 6.09. The normalized spacial score (nSPS) is 19.8. The van der Waals surface area contributed by atoms with Crippen molar-refractivity contribution in [1.82, 2.24) is 9.88 Å². The second-order valence-corrected chi connectivity index (χ2v) is 8.15. The number of likely N-dealkylation sites (N-methyl/N-ethyl adjacent to an activating group) is 1. The van der Waals surface area contributed by atoms with E-state index in [0.717, 1.165) is 23.4 Å². The lowest BCUT2D eigenvalue weighted by atomic mass is 9.85. The van der Waals surface area contributed by atoms with Crippen LogP contribution in [0.3, 0.4) is 0 Å². The lowest BCUT2D eigenvalue weighted by Gasteiger charge is -2.34. The monoisotopic (exact) mass is 418 g/mol. The predicted molar refractivity (Wildman–Crippen MR) is 117 cm³/mol. The third-order valence-corrected chi connectivity index (χ3v) is 6.04. The summed E-state index contributed by atoms with van der Waals surface area (Å²) in [6, 6.07) is 12.0. The van der Waals surface area contributed by atoms with Gasteiger partial charge in [-0.15, -0.1) is 0 Å². The number of hydrogen-bond acceptors (Lipinski definition) is 7. The summed E-state index contributed by atoms with van der Waals surface area (Å²) in [6.07, 6.45) is 1.54. The average molecular weight is 418 g/mol. The molecule has 158 valence electrons. The van der Waals surface area contributed by atoms with Crippen molar-refractivity contribution in [3.63, 3.8) is 0 Å². The molecule has 7 nitrogen and oxygen atoms in total. The quantitative estimate of drug-likeness (QED) is 0.459. The van der Waals surface area contributed by atoms with Crippen LogP contribution in [0.2, 0.25) is 0 Å². The summed E-state index contributed by atoms with van der Waals surface area (Å²) >= 11 is 0. The number of aromatic hydroxyl groups is 2. The number of piperidine rings is 1. The first-order valence-corrected chi connectivity index (χ1v) is 10.2. The van der Waals surface area contributed by atoms with Crippen LogP contribution in [-0.4, -0.2) is 51.4 Å². The van der Waals surface area contributed by atoms with Crippen molar-refractivity contribution in [2.45, 2.75) is 18.4 Å². The Labute approximate surface area is 177 Å². The molecule has 2 aromatic heterocycles. The fourth-order valence-corrected chi connectivity index (χ4v) is 4.45. The minimum atomic E-state index is -0.745. The zero-order valence-electron chi connectivity index (χ0n) is 16.9. The minimum absolute atomic E-state index is 0.0107. The highest BCUT2D eigenvalue weighted by Gasteiger charge is 2.33. The van der Waals surface area contributed by atoms with Crippen molar-refractivity contribution >= 4 is 21.7 Å². The van der Waals surface area contributed by atoms with Crippen LogP contribution in [0.1, 0.15) is 17.9 Å². The van der Waals surface area contributed by atoms with E-state index in [4.69, 9.17) is 4.42 Å². The summed E-state index contributed by atoms with van der Waals surface area (Å²) in [7, 11) is 1.91. The van der Waals surface area contributed by atoms with Crippen LogP contribution in [0.25, 0.3) is 33.2 Å². The van der Waals surface area contributed by atoms with Crippen molar-refractivity contribution in [2.75, 3.05) is 20.1 Å². The second kappa shape index (κ2) is 7.37. The smallest absolute Gasteiger partial charge is 0.197 e. The van der Waals surface area contributed by atoms with E-state index in [9.17, 15) is 20.1 Å². The van der Waals surface area contributed by atoms with Crippen LogP contribution in [0.5, 0.6) is 11.5 Å². The van der Waals surface area contributed by atoms with Crippen LogP contribution < -0.4 is 5.43 Å². The number of pyridine rings is 1.